The summed E-state index contributed by atoms with van der Waals surface area (Å²) in [7, 11) is 5.48. The Bertz CT molecular complexity index is 1250. The molecule has 0 saturated heterocycles. The Morgan fingerprint density at radius 2 is 1.46 bits per heavy atom. The van der Waals surface area contributed by atoms with Crippen molar-refractivity contribution in [2.75, 3.05) is 39.1 Å². The van der Waals surface area contributed by atoms with Crippen molar-refractivity contribution >= 4 is 39.8 Å². The van der Waals surface area contributed by atoms with Gasteiger partial charge in [0.1, 0.15) is 10.8 Å². The van der Waals surface area contributed by atoms with E-state index in [1.165, 1.54) is 64.8 Å². The van der Waals surface area contributed by atoms with Crippen LogP contribution in [0.2, 0.25) is 0 Å². The van der Waals surface area contributed by atoms with E-state index in [2.05, 4.69) is 10.6 Å². The fourth-order valence-electron chi connectivity index (χ4n) is 3.27. The standard InChI is InChI=1S/C24H23FN2O7S/c1-12-18(24(30)34-5)23(35-20(12)22(29)26-15-8-6-14(25)7-9-15)27-21(28)13-10-16(31-2)19(33-4)17(11-13)32-3/h6-11H,1-5H3,(H,26,29)(H,27,28). The summed E-state index contributed by atoms with van der Waals surface area (Å²) in [5, 5.41) is 5.43. The van der Waals surface area contributed by atoms with Gasteiger partial charge in [-0.1, -0.05) is 0 Å². The van der Waals surface area contributed by atoms with Crippen molar-refractivity contribution in [1.29, 1.82) is 0 Å². The number of esters is 1. The monoisotopic (exact) mass is 502 g/mol. The van der Waals surface area contributed by atoms with Crippen molar-refractivity contribution in [2.45, 2.75) is 6.92 Å². The Morgan fingerprint density at radius 3 is 1.97 bits per heavy atom. The maximum Gasteiger partial charge on any atom is 0.341 e. The third kappa shape index (κ3) is 5.35. The molecule has 0 spiro atoms. The summed E-state index contributed by atoms with van der Waals surface area (Å²) in [5.41, 5.74) is 0.898. The van der Waals surface area contributed by atoms with E-state index in [0.717, 1.165) is 11.3 Å². The summed E-state index contributed by atoms with van der Waals surface area (Å²) in [6, 6.07) is 8.14. The van der Waals surface area contributed by atoms with Crippen molar-refractivity contribution in [3.05, 3.63) is 63.8 Å². The zero-order valence-electron chi connectivity index (χ0n) is 19.6. The second kappa shape index (κ2) is 10.9. The molecule has 1 heterocycles. The average Bonchev–Trinajstić information content (AvgIpc) is 3.19. The summed E-state index contributed by atoms with van der Waals surface area (Å²) in [6.07, 6.45) is 0. The molecule has 184 valence electrons. The van der Waals surface area contributed by atoms with E-state index in [4.69, 9.17) is 18.9 Å². The molecule has 0 bridgehead atoms. The molecule has 0 aliphatic carbocycles. The number of halogens is 1. The maximum atomic E-state index is 13.2. The van der Waals surface area contributed by atoms with E-state index < -0.39 is 23.6 Å². The van der Waals surface area contributed by atoms with E-state index in [0.29, 0.717) is 17.0 Å². The number of nitrogens with one attached hydrogen (secondary N) is 2. The number of ether oxygens (including phenoxy) is 4. The van der Waals surface area contributed by atoms with E-state index in [1.54, 1.807) is 6.92 Å². The molecule has 35 heavy (non-hydrogen) atoms. The lowest BCUT2D eigenvalue weighted by molar-refractivity contribution is 0.0601. The van der Waals surface area contributed by atoms with Crippen LogP contribution in [0.3, 0.4) is 0 Å². The summed E-state index contributed by atoms with van der Waals surface area (Å²) in [4.78, 5) is 38.6. The molecule has 3 aromatic rings. The van der Waals surface area contributed by atoms with Gasteiger partial charge in [0.2, 0.25) is 5.75 Å². The molecule has 0 saturated carbocycles. The van der Waals surface area contributed by atoms with Crippen LogP contribution in [0.5, 0.6) is 17.2 Å². The van der Waals surface area contributed by atoms with Crippen LogP contribution in [0.15, 0.2) is 36.4 Å². The van der Waals surface area contributed by atoms with E-state index in [9.17, 15) is 18.8 Å². The van der Waals surface area contributed by atoms with Gasteiger partial charge in [0.15, 0.2) is 11.5 Å². The molecule has 3 rings (SSSR count). The van der Waals surface area contributed by atoms with Gasteiger partial charge in [-0.3, -0.25) is 9.59 Å². The first-order valence-corrected chi connectivity index (χ1v) is 11.0. The SMILES string of the molecule is COC(=O)c1c(NC(=O)c2cc(OC)c(OC)c(OC)c2)sc(C(=O)Nc2ccc(F)cc2)c1C. The number of hydrogen-bond acceptors (Lipinski definition) is 8. The lowest BCUT2D eigenvalue weighted by Crippen LogP contribution is -2.15. The molecule has 2 N–H and O–H groups in total. The smallest absolute Gasteiger partial charge is 0.341 e. The predicted octanol–water partition coefficient (Wildman–Crippen LogP) is 4.51. The van der Waals surface area contributed by atoms with Gasteiger partial charge in [0, 0.05) is 11.3 Å². The molecule has 11 heteroatoms. The molecule has 0 radical (unpaired) electrons. The van der Waals surface area contributed by atoms with E-state index >= 15 is 0 Å². The highest BCUT2D eigenvalue weighted by molar-refractivity contribution is 7.19. The van der Waals surface area contributed by atoms with Crippen LogP contribution >= 0.6 is 11.3 Å². The Labute approximate surface area is 204 Å². The maximum absolute atomic E-state index is 13.2. The number of thiophene rings is 1. The van der Waals surface area contributed by atoms with Crippen LogP contribution in [-0.2, 0) is 4.74 Å². The van der Waals surface area contributed by atoms with Crippen LogP contribution in [0.4, 0.5) is 15.1 Å². The van der Waals surface area contributed by atoms with Gasteiger partial charge in [0.05, 0.1) is 38.9 Å². The molecule has 0 aliphatic heterocycles. The molecule has 0 fully saturated rings. The van der Waals surface area contributed by atoms with Crippen molar-refractivity contribution in [3.8, 4) is 17.2 Å². The molecular weight excluding hydrogens is 479 g/mol. The number of rotatable bonds is 8. The van der Waals surface area contributed by atoms with Crippen molar-refractivity contribution in [1.82, 2.24) is 0 Å². The van der Waals surface area contributed by atoms with Crippen LogP contribution in [0, 0.1) is 12.7 Å². The zero-order chi connectivity index (χ0) is 25.7. The molecule has 0 aliphatic rings. The highest BCUT2D eigenvalue weighted by Crippen LogP contribution is 2.39. The Morgan fingerprint density at radius 1 is 0.857 bits per heavy atom. The van der Waals surface area contributed by atoms with Crippen LogP contribution < -0.4 is 24.8 Å². The minimum absolute atomic E-state index is 0.0440. The number of methoxy groups -OCH3 is 4. The number of hydrogen-bond donors (Lipinski definition) is 2. The number of anilines is 2. The van der Waals surface area contributed by atoms with Gasteiger partial charge in [-0.15, -0.1) is 11.3 Å². The van der Waals surface area contributed by atoms with Crippen molar-refractivity contribution in [2.24, 2.45) is 0 Å². The molecule has 0 atom stereocenters. The number of carbonyl (C=O) groups excluding carboxylic acids is 3. The highest BCUT2D eigenvalue weighted by Gasteiger charge is 2.27. The second-order valence-corrected chi connectivity index (χ2v) is 8.10. The number of carbonyl (C=O) groups is 3. The molecular formula is C24H23FN2O7S. The van der Waals surface area contributed by atoms with Gasteiger partial charge in [-0.2, -0.15) is 0 Å². The zero-order valence-corrected chi connectivity index (χ0v) is 20.4. The minimum atomic E-state index is -0.722. The lowest BCUT2D eigenvalue weighted by Gasteiger charge is -2.14. The first-order chi connectivity index (χ1) is 16.7. The van der Waals surface area contributed by atoms with Gasteiger partial charge in [-0.25, -0.2) is 9.18 Å². The van der Waals surface area contributed by atoms with E-state index in [-0.39, 0.29) is 32.5 Å². The Hall–Kier alpha value is -4.12. The predicted molar refractivity (Wildman–Crippen MR) is 129 cm³/mol. The fourth-order valence-corrected chi connectivity index (χ4v) is 4.36. The summed E-state index contributed by atoms with van der Waals surface area (Å²) in [6.45, 7) is 1.57. The lowest BCUT2D eigenvalue weighted by atomic mass is 10.1. The van der Waals surface area contributed by atoms with Crippen LogP contribution in [0.25, 0.3) is 0 Å². The van der Waals surface area contributed by atoms with Gasteiger partial charge in [-0.05, 0) is 48.9 Å². The van der Waals surface area contributed by atoms with Gasteiger partial charge >= 0.3 is 5.97 Å². The first kappa shape index (κ1) is 25.5. The minimum Gasteiger partial charge on any atom is -0.493 e. The first-order valence-electron chi connectivity index (χ1n) is 10.1. The van der Waals surface area contributed by atoms with Crippen LogP contribution in [-0.4, -0.2) is 46.2 Å². The summed E-state index contributed by atoms with van der Waals surface area (Å²) < 4.78 is 33.9. The number of benzene rings is 2. The third-order valence-electron chi connectivity index (χ3n) is 5.00. The van der Waals surface area contributed by atoms with Gasteiger partial charge < -0.3 is 29.6 Å². The van der Waals surface area contributed by atoms with Crippen LogP contribution in [0.1, 0.15) is 36.0 Å². The Balaban J connectivity index is 1.97. The molecule has 9 nitrogen and oxygen atoms in total. The molecule has 0 unspecified atom stereocenters. The molecule has 2 aromatic carbocycles. The molecule has 2 amide bonds. The topological polar surface area (TPSA) is 112 Å². The quantitative estimate of drug-likeness (QED) is 0.436. The Kier molecular flexibility index (Phi) is 7.92. The third-order valence-corrected chi connectivity index (χ3v) is 6.20. The largest absolute Gasteiger partial charge is 0.493 e. The van der Waals surface area contributed by atoms with E-state index in [1.807, 2.05) is 0 Å². The summed E-state index contributed by atoms with van der Waals surface area (Å²) >= 11 is 0.905. The fraction of sp³-hybridized carbons (Fsp3) is 0.208. The van der Waals surface area contributed by atoms with Gasteiger partial charge in [0.25, 0.3) is 11.8 Å². The second-order valence-electron chi connectivity index (χ2n) is 7.08. The number of amides is 2. The molecule has 1 aromatic heterocycles. The van der Waals surface area contributed by atoms with Crippen molar-refractivity contribution in [3.63, 3.8) is 0 Å². The average molecular weight is 503 g/mol. The highest BCUT2D eigenvalue weighted by atomic mass is 32.1. The summed E-state index contributed by atoms with van der Waals surface area (Å²) in [5.74, 6) is -1.43. The normalized spacial score (nSPS) is 10.3. The van der Waals surface area contributed by atoms with Crippen molar-refractivity contribution < 1.29 is 37.7 Å².